The third kappa shape index (κ3) is 1.70. The number of amides is 1. The maximum atomic E-state index is 12.7. The minimum Gasteiger partial charge on any atom is -0.327 e. The number of carbonyl (C=O) groups is 1. The van der Waals surface area contributed by atoms with Crippen molar-refractivity contribution < 1.29 is 4.79 Å². The summed E-state index contributed by atoms with van der Waals surface area (Å²) in [6.07, 6.45) is 7.60. The summed E-state index contributed by atoms with van der Waals surface area (Å²) in [5, 5.41) is 0.633. The summed E-state index contributed by atoms with van der Waals surface area (Å²) in [6, 6.07) is 8.61. The van der Waals surface area contributed by atoms with Gasteiger partial charge >= 0.3 is 0 Å². The molecule has 2 aromatic rings. The summed E-state index contributed by atoms with van der Waals surface area (Å²) >= 11 is 1.50. The van der Waals surface area contributed by atoms with Crippen molar-refractivity contribution in [2.24, 2.45) is 0 Å². The van der Waals surface area contributed by atoms with E-state index >= 15 is 0 Å². The SMILES string of the molecule is O=C(c1nc2ccccc2s1)N1[C@H]2CC=C[C@H]1CC2. The Morgan fingerprint density at radius 1 is 1.32 bits per heavy atom. The molecular weight excluding hydrogens is 256 g/mol. The lowest BCUT2D eigenvalue weighted by Gasteiger charge is -2.30. The molecule has 1 amide bonds. The molecule has 2 aliphatic rings. The monoisotopic (exact) mass is 270 g/mol. The van der Waals surface area contributed by atoms with Crippen LogP contribution in [0.25, 0.3) is 10.2 Å². The second-order valence-corrected chi connectivity index (χ2v) is 6.19. The summed E-state index contributed by atoms with van der Waals surface area (Å²) in [7, 11) is 0. The standard InChI is InChI=1S/C15H14N2OS/c18-15(17-10-4-3-5-11(17)9-8-10)14-16-12-6-1-2-7-13(12)19-14/h1-4,6-7,10-11H,5,8-9H2/t10-,11-/m0/s1. The van der Waals surface area contributed by atoms with Crippen molar-refractivity contribution in [1.82, 2.24) is 9.88 Å². The summed E-state index contributed by atoms with van der Waals surface area (Å²) in [5.74, 6) is 0.109. The van der Waals surface area contributed by atoms with Gasteiger partial charge in [-0.1, -0.05) is 24.3 Å². The lowest BCUT2D eigenvalue weighted by Crippen LogP contribution is -2.42. The van der Waals surface area contributed by atoms with E-state index in [-0.39, 0.29) is 5.91 Å². The Bertz CT molecular complexity index is 643. The number of para-hydroxylation sites is 1. The van der Waals surface area contributed by atoms with Gasteiger partial charge in [0.25, 0.3) is 5.91 Å². The van der Waals surface area contributed by atoms with Gasteiger partial charge in [-0.2, -0.15) is 0 Å². The molecule has 2 atom stereocenters. The van der Waals surface area contributed by atoms with Gasteiger partial charge in [-0.25, -0.2) is 4.98 Å². The molecule has 2 aliphatic heterocycles. The molecule has 1 saturated heterocycles. The smallest absolute Gasteiger partial charge is 0.283 e. The van der Waals surface area contributed by atoms with Gasteiger partial charge in [0.2, 0.25) is 0 Å². The van der Waals surface area contributed by atoms with E-state index in [0.29, 0.717) is 17.1 Å². The molecule has 0 unspecified atom stereocenters. The summed E-state index contributed by atoms with van der Waals surface area (Å²) in [4.78, 5) is 19.2. The number of benzene rings is 1. The molecule has 4 heteroatoms. The lowest BCUT2D eigenvalue weighted by atomic mass is 10.1. The molecule has 0 spiro atoms. The molecule has 1 aromatic heterocycles. The highest BCUT2D eigenvalue weighted by atomic mass is 32.1. The Morgan fingerprint density at radius 2 is 2.21 bits per heavy atom. The Morgan fingerprint density at radius 3 is 3.05 bits per heavy atom. The molecule has 19 heavy (non-hydrogen) atoms. The van der Waals surface area contributed by atoms with Crippen LogP contribution >= 0.6 is 11.3 Å². The molecule has 0 radical (unpaired) electrons. The summed E-state index contributed by atoms with van der Waals surface area (Å²) in [6.45, 7) is 0. The highest BCUT2D eigenvalue weighted by Gasteiger charge is 2.38. The number of nitrogens with zero attached hydrogens (tertiary/aromatic N) is 2. The second kappa shape index (κ2) is 4.17. The molecule has 0 N–H and O–H groups in total. The van der Waals surface area contributed by atoms with E-state index in [9.17, 15) is 4.79 Å². The topological polar surface area (TPSA) is 33.2 Å². The first-order chi connectivity index (χ1) is 9.33. The fourth-order valence-corrected chi connectivity index (χ4v) is 4.03. The molecule has 2 bridgehead atoms. The molecule has 0 aliphatic carbocycles. The Labute approximate surface area is 115 Å². The van der Waals surface area contributed by atoms with Crippen LogP contribution in [-0.4, -0.2) is 27.9 Å². The highest BCUT2D eigenvalue weighted by molar-refractivity contribution is 7.20. The van der Waals surface area contributed by atoms with Gasteiger partial charge in [-0.15, -0.1) is 11.3 Å². The number of carbonyl (C=O) groups excluding carboxylic acids is 1. The van der Waals surface area contributed by atoms with E-state index in [1.54, 1.807) is 0 Å². The van der Waals surface area contributed by atoms with Gasteiger partial charge in [0.15, 0.2) is 5.01 Å². The first kappa shape index (κ1) is 11.2. The molecule has 3 heterocycles. The van der Waals surface area contributed by atoms with Crippen LogP contribution in [0.5, 0.6) is 0 Å². The van der Waals surface area contributed by atoms with Crippen LogP contribution < -0.4 is 0 Å². The summed E-state index contributed by atoms with van der Waals surface area (Å²) < 4.78 is 1.09. The maximum absolute atomic E-state index is 12.7. The number of hydrogen-bond acceptors (Lipinski definition) is 3. The number of thiazole rings is 1. The lowest BCUT2D eigenvalue weighted by molar-refractivity contribution is 0.0689. The molecule has 1 fully saturated rings. The third-order valence-corrected chi connectivity index (χ3v) is 5.05. The zero-order valence-corrected chi connectivity index (χ0v) is 11.3. The largest absolute Gasteiger partial charge is 0.327 e. The van der Waals surface area contributed by atoms with Crippen molar-refractivity contribution in [3.8, 4) is 0 Å². The molecule has 4 rings (SSSR count). The van der Waals surface area contributed by atoms with Crippen molar-refractivity contribution in [2.45, 2.75) is 31.3 Å². The number of fused-ring (bicyclic) bond motifs is 3. The van der Waals surface area contributed by atoms with E-state index in [1.807, 2.05) is 29.2 Å². The normalized spacial score (nSPS) is 25.2. The van der Waals surface area contributed by atoms with Crippen molar-refractivity contribution in [2.75, 3.05) is 0 Å². The minimum atomic E-state index is 0.109. The van der Waals surface area contributed by atoms with Gasteiger partial charge in [0, 0.05) is 6.04 Å². The van der Waals surface area contributed by atoms with Crippen LogP contribution in [0.1, 0.15) is 29.1 Å². The van der Waals surface area contributed by atoms with Crippen molar-refractivity contribution in [3.05, 3.63) is 41.4 Å². The fourth-order valence-electron chi connectivity index (χ4n) is 3.12. The number of rotatable bonds is 1. The Balaban J connectivity index is 1.72. The number of hydrogen-bond donors (Lipinski definition) is 0. The van der Waals surface area contributed by atoms with Crippen LogP contribution in [0.3, 0.4) is 0 Å². The zero-order valence-electron chi connectivity index (χ0n) is 10.5. The van der Waals surface area contributed by atoms with Crippen molar-refractivity contribution in [1.29, 1.82) is 0 Å². The average Bonchev–Trinajstić information content (AvgIpc) is 2.97. The van der Waals surface area contributed by atoms with Gasteiger partial charge in [-0.3, -0.25) is 4.79 Å². The Hall–Kier alpha value is -1.68. The van der Waals surface area contributed by atoms with E-state index < -0.39 is 0 Å². The van der Waals surface area contributed by atoms with E-state index in [4.69, 9.17) is 0 Å². The average molecular weight is 270 g/mol. The predicted molar refractivity (Wildman–Crippen MR) is 76.4 cm³/mol. The maximum Gasteiger partial charge on any atom is 0.283 e. The van der Waals surface area contributed by atoms with Crippen molar-refractivity contribution in [3.63, 3.8) is 0 Å². The van der Waals surface area contributed by atoms with Crippen LogP contribution in [0, 0.1) is 0 Å². The van der Waals surface area contributed by atoms with Gasteiger partial charge in [0.05, 0.1) is 16.3 Å². The molecular formula is C15H14N2OS. The number of aromatic nitrogens is 1. The summed E-state index contributed by atoms with van der Waals surface area (Å²) in [5.41, 5.74) is 0.927. The van der Waals surface area contributed by atoms with E-state index in [2.05, 4.69) is 17.1 Å². The Kier molecular flexibility index (Phi) is 2.45. The van der Waals surface area contributed by atoms with Gasteiger partial charge in [0.1, 0.15) is 0 Å². The van der Waals surface area contributed by atoms with E-state index in [1.165, 1.54) is 11.3 Å². The minimum absolute atomic E-state index is 0.109. The van der Waals surface area contributed by atoms with Crippen LogP contribution in [0.2, 0.25) is 0 Å². The third-order valence-electron chi connectivity index (χ3n) is 4.02. The molecule has 3 nitrogen and oxygen atoms in total. The second-order valence-electron chi connectivity index (χ2n) is 5.16. The van der Waals surface area contributed by atoms with Gasteiger partial charge in [-0.05, 0) is 31.4 Å². The van der Waals surface area contributed by atoms with Crippen LogP contribution in [0.15, 0.2) is 36.4 Å². The molecule has 0 saturated carbocycles. The van der Waals surface area contributed by atoms with E-state index in [0.717, 1.165) is 29.5 Å². The fraction of sp³-hybridized carbons (Fsp3) is 0.333. The molecule has 1 aromatic carbocycles. The first-order valence-electron chi connectivity index (χ1n) is 6.68. The zero-order chi connectivity index (χ0) is 12.8. The first-order valence-corrected chi connectivity index (χ1v) is 7.49. The predicted octanol–water partition coefficient (Wildman–Crippen LogP) is 3.23. The van der Waals surface area contributed by atoms with Gasteiger partial charge < -0.3 is 4.90 Å². The van der Waals surface area contributed by atoms with Crippen LogP contribution in [0.4, 0.5) is 0 Å². The van der Waals surface area contributed by atoms with Crippen molar-refractivity contribution >= 4 is 27.5 Å². The quantitative estimate of drug-likeness (QED) is 0.745. The highest BCUT2D eigenvalue weighted by Crippen LogP contribution is 2.34. The van der Waals surface area contributed by atoms with Crippen LogP contribution in [-0.2, 0) is 0 Å². The molecule has 96 valence electrons.